The minimum absolute atomic E-state index is 0.431. The molecular weight excluding hydrogens is 175 g/mol. The van der Waals surface area contributed by atoms with Gasteiger partial charge in [-0.1, -0.05) is 0 Å². The molecule has 1 atom stereocenters. The Balaban J connectivity index is 2.56. The highest BCUT2D eigenvalue weighted by molar-refractivity contribution is 7.57. The van der Waals surface area contributed by atoms with E-state index in [1.807, 2.05) is 6.92 Å². The van der Waals surface area contributed by atoms with E-state index >= 15 is 0 Å². The lowest BCUT2D eigenvalue weighted by atomic mass is 10.5. The van der Waals surface area contributed by atoms with Crippen molar-refractivity contribution in [2.45, 2.75) is 13.1 Å². The fourth-order valence-corrected chi connectivity index (χ4v) is 2.43. The molecule has 12 heavy (non-hydrogen) atoms. The van der Waals surface area contributed by atoms with Gasteiger partial charge in [-0.2, -0.15) is 5.10 Å². The minimum atomic E-state index is -2.45. The van der Waals surface area contributed by atoms with Crippen LogP contribution in [-0.2, 0) is 15.3 Å². The maximum Gasteiger partial charge on any atom is 0.205 e. The highest BCUT2D eigenvalue weighted by Crippen LogP contribution is 2.45. The zero-order chi connectivity index (χ0) is 9.03. The van der Waals surface area contributed by atoms with Crippen molar-refractivity contribution in [2.24, 2.45) is 0 Å². The fraction of sp³-hybridized carbons (Fsp3) is 0.571. The molecule has 1 heterocycles. The average molecular weight is 188 g/mol. The summed E-state index contributed by atoms with van der Waals surface area (Å²) >= 11 is 0. The number of aromatic nitrogens is 2. The fourth-order valence-electron chi connectivity index (χ4n) is 1.00. The molecule has 0 amide bonds. The predicted octanol–water partition coefficient (Wildman–Crippen LogP) is 1.85. The van der Waals surface area contributed by atoms with Gasteiger partial charge in [0.1, 0.15) is 0 Å². The molecule has 0 aliphatic rings. The van der Waals surface area contributed by atoms with E-state index in [-0.39, 0.29) is 0 Å². The van der Waals surface area contributed by atoms with Crippen LogP contribution in [0.2, 0.25) is 0 Å². The summed E-state index contributed by atoms with van der Waals surface area (Å²) < 4.78 is 16.7. The van der Waals surface area contributed by atoms with Crippen LogP contribution in [0.4, 0.5) is 0 Å². The lowest BCUT2D eigenvalue weighted by Crippen LogP contribution is -1.92. The van der Waals surface area contributed by atoms with E-state index in [4.69, 9.17) is 4.52 Å². The Kier molecular flexibility index (Phi) is 3.06. The summed E-state index contributed by atoms with van der Waals surface area (Å²) in [7, 11) is -2.45. The Hall–Kier alpha value is -0.600. The van der Waals surface area contributed by atoms with Gasteiger partial charge in [0, 0.05) is 18.6 Å². The first-order chi connectivity index (χ1) is 5.64. The molecule has 0 radical (unpaired) electrons. The van der Waals surface area contributed by atoms with Crippen molar-refractivity contribution in [1.29, 1.82) is 0 Å². The van der Waals surface area contributed by atoms with Crippen LogP contribution in [0.5, 0.6) is 0 Å². The van der Waals surface area contributed by atoms with E-state index in [9.17, 15) is 4.57 Å². The molecule has 0 aliphatic carbocycles. The summed E-state index contributed by atoms with van der Waals surface area (Å²) in [5.74, 6) is 0. The van der Waals surface area contributed by atoms with Crippen LogP contribution in [0.15, 0.2) is 12.3 Å². The Morgan fingerprint density at radius 1 is 1.75 bits per heavy atom. The number of H-pyrrole nitrogens is 1. The van der Waals surface area contributed by atoms with E-state index < -0.39 is 7.37 Å². The van der Waals surface area contributed by atoms with Gasteiger partial charge in [0.2, 0.25) is 7.37 Å². The predicted molar refractivity (Wildman–Crippen MR) is 47.4 cm³/mol. The third-order valence-corrected chi connectivity index (χ3v) is 3.14. The number of rotatable bonds is 4. The molecule has 0 aliphatic heterocycles. The topological polar surface area (TPSA) is 55.0 Å². The minimum Gasteiger partial charge on any atom is -0.329 e. The first kappa shape index (κ1) is 9.49. The van der Waals surface area contributed by atoms with E-state index in [1.54, 1.807) is 18.9 Å². The number of hydrogen-bond donors (Lipinski definition) is 1. The summed E-state index contributed by atoms with van der Waals surface area (Å²) in [6.07, 6.45) is 2.07. The van der Waals surface area contributed by atoms with Crippen molar-refractivity contribution in [1.82, 2.24) is 10.2 Å². The number of nitrogens with zero attached hydrogens (tertiary/aromatic N) is 1. The lowest BCUT2D eigenvalue weighted by Gasteiger charge is -2.10. The van der Waals surface area contributed by atoms with E-state index in [0.29, 0.717) is 12.8 Å². The Morgan fingerprint density at radius 3 is 3.00 bits per heavy atom. The summed E-state index contributed by atoms with van der Waals surface area (Å²) in [6, 6.07) is 1.80. The average Bonchev–Trinajstić information content (AvgIpc) is 2.38. The van der Waals surface area contributed by atoms with Gasteiger partial charge in [0.15, 0.2) is 0 Å². The van der Waals surface area contributed by atoms with Crippen LogP contribution in [0.3, 0.4) is 0 Å². The van der Waals surface area contributed by atoms with Crippen LogP contribution >= 0.6 is 7.37 Å². The molecule has 1 unspecified atom stereocenters. The van der Waals surface area contributed by atoms with Crippen molar-refractivity contribution < 1.29 is 9.09 Å². The smallest absolute Gasteiger partial charge is 0.205 e. The molecule has 68 valence electrons. The largest absolute Gasteiger partial charge is 0.329 e. The summed E-state index contributed by atoms with van der Waals surface area (Å²) in [5, 5.41) is 6.51. The monoisotopic (exact) mass is 188 g/mol. The van der Waals surface area contributed by atoms with Gasteiger partial charge in [-0.15, -0.1) is 0 Å². The normalized spacial score (nSPS) is 15.8. The molecule has 0 spiro atoms. The van der Waals surface area contributed by atoms with Crippen molar-refractivity contribution >= 4 is 7.37 Å². The molecule has 1 N–H and O–H groups in total. The maximum absolute atomic E-state index is 11.6. The van der Waals surface area contributed by atoms with Crippen LogP contribution in [-0.4, -0.2) is 23.5 Å². The molecule has 0 saturated carbocycles. The van der Waals surface area contributed by atoms with Crippen LogP contribution in [0, 0.1) is 0 Å². The van der Waals surface area contributed by atoms with Gasteiger partial charge in [-0.25, -0.2) is 0 Å². The molecule has 5 heteroatoms. The third kappa shape index (κ3) is 2.80. The zero-order valence-electron chi connectivity index (χ0n) is 7.28. The second-order valence-corrected chi connectivity index (χ2v) is 5.27. The molecule has 1 aromatic heterocycles. The van der Waals surface area contributed by atoms with Crippen molar-refractivity contribution in [3.05, 3.63) is 18.0 Å². The number of hydrogen-bond acceptors (Lipinski definition) is 3. The van der Waals surface area contributed by atoms with Crippen molar-refractivity contribution in [3.63, 3.8) is 0 Å². The zero-order valence-corrected chi connectivity index (χ0v) is 8.17. The Bertz CT molecular complexity index is 271. The van der Waals surface area contributed by atoms with Gasteiger partial charge in [0.05, 0.1) is 12.8 Å². The molecule has 4 nitrogen and oxygen atoms in total. The second-order valence-electron chi connectivity index (χ2n) is 2.67. The maximum atomic E-state index is 11.6. The number of aromatic amines is 1. The van der Waals surface area contributed by atoms with Crippen molar-refractivity contribution in [3.8, 4) is 0 Å². The first-order valence-electron chi connectivity index (χ1n) is 3.83. The van der Waals surface area contributed by atoms with Gasteiger partial charge >= 0.3 is 0 Å². The Morgan fingerprint density at radius 2 is 2.50 bits per heavy atom. The Labute approximate surface area is 71.8 Å². The van der Waals surface area contributed by atoms with Crippen molar-refractivity contribution in [2.75, 3.05) is 13.3 Å². The second kappa shape index (κ2) is 3.87. The van der Waals surface area contributed by atoms with Crippen LogP contribution in [0.25, 0.3) is 0 Å². The molecule has 1 aromatic rings. The standard InChI is InChI=1S/C7H13N2O2P/c1-3-11-12(2,10)6-7-4-5-8-9-7/h4-5H,3,6H2,1-2H3,(H,8,9). The van der Waals surface area contributed by atoms with E-state index in [0.717, 1.165) is 5.69 Å². The SMILES string of the molecule is CCOP(C)(=O)Cc1ccn[nH]1. The molecule has 1 rings (SSSR count). The quantitative estimate of drug-likeness (QED) is 0.733. The molecular formula is C7H13N2O2P. The van der Waals surface area contributed by atoms with Gasteiger partial charge < -0.3 is 4.52 Å². The van der Waals surface area contributed by atoms with Gasteiger partial charge in [-0.05, 0) is 13.0 Å². The molecule has 0 fully saturated rings. The van der Waals surface area contributed by atoms with Gasteiger partial charge in [0.25, 0.3) is 0 Å². The summed E-state index contributed by atoms with van der Waals surface area (Å²) in [6.45, 7) is 3.96. The lowest BCUT2D eigenvalue weighted by molar-refractivity contribution is 0.336. The highest BCUT2D eigenvalue weighted by atomic mass is 31.2. The highest BCUT2D eigenvalue weighted by Gasteiger charge is 2.16. The summed E-state index contributed by atoms with van der Waals surface area (Å²) in [5.41, 5.74) is 0.856. The molecule has 0 saturated heterocycles. The third-order valence-electron chi connectivity index (χ3n) is 1.42. The van der Waals surface area contributed by atoms with E-state index in [1.165, 1.54) is 0 Å². The number of nitrogens with one attached hydrogen (secondary N) is 1. The molecule has 0 bridgehead atoms. The van der Waals surface area contributed by atoms with Gasteiger partial charge in [-0.3, -0.25) is 9.66 Å². The summed E-state index contributed by atoms with van der Waals surface area (Å²) in [4.78, 5) is 0. The van der Waals surface area contributed by atoms with Crippen LogP contribution < -0.4 is 0 Å². The molecule has 0 aromatic carbocycles. The van der Waals surface area contributed by atoms with Crippen LogP contribution in [0.1, 0.15) is 12.6 Å². The first-order valence-corrected chi connectivity index (χ1v) is 6.09. The van der Waals surface area contributed by atoms with E-state index in [2.05, 4.69) is 10.2 Å².